The summed E-state index contributed by atoms with van der Waals surface area (Å²) in [6.07, 6.45) is -2.97. The monoisotopic (exact) mass is 653 g/mol. The molecule has 1 amide bonds. The quantitative estimate of drug-likeness (QED) is 0.222. The molecule has 4 heterocycles. The maximum Gasteiger partial charge on any atom is 0.390 e. The minimum absolute atomic E-state index is 0.109. The summed E-state index contributed by atoms with van der Waals surface area (Å²) in [6, 6.07) is 4.76. The smallest absolute Gasteiger partial charge is 0.390 e. The van der Waals surface area contributed by atoms with Gasteiger partial charge in [-0.05, 0) is 37.6 Å². The predicted octanol–water partition coefficient (Wildman–Crippen LogP) is 4.65. The molecule has 1 fully saturated rings. The maximum atomic E-state index is 13.2. The van der Waals surface area contributed by atoms with Crippen molar-refractivity contribution in [3.63, 3.8) is 0 Å². The molecule has 5 rings (SSSR count). The van der Waals surface area contributed by atoms with Crippen molar-refractivity contribution in [2.24, 2.45) is 0 Å². The molecule has 1 aromatic carbocycles. The number of rotatable bonds is 10. The van der Waals surface area contributed by atoms with E-state index in [9.17, 15) is 26.4 Å². The lowest BCUT2D eigenvalue weighted by Gasteiger charge is -2.34. The van der Waals surface area contributed by atoms with Crippen molar-refractivity contribution in [1.82, 2.24) is 25.1 Å². The van der Waals surface area contributed by atoms with E-state index in [2.05, 4.69) is 35.1 Å². The Labute approximate surface area is 255 Å². The van der Waals surface area contributed by atoms with E-state index in [4.69, 9.17) is 9.47 Å². The number of methoxy groups -OCH3 is 1. The van der Waals surface area contributed by atoms with Gasteiger partial charge in [-0.3, -0.25) is 19.5 Å². The van der Waals surface area contributed by atoms with Gasteiger partial charge >= 0.3 is 6.18 Å². The number of pyridine rings is 1. The second-order valence-corrected chi connectivity index (χ2v) is 13.2. The van der Waals surface area contributed by atoms with Crippen molar-refractivity contribution >= 4 is 49.5 Å². The fourth-order valence-electron chi connectivity index (χ4n) is 4.91. The third kappa shape index (κ3) is 7.82. The van der Waals surface area contributed by atoms with Crippen LogP contribution in [0.1, 0.15) is 35.8 Å². The molecule has 0 bridgehead atoms. The number of hydrogen-bond donors (Lipinski definition) is 3. The summed E-state index contributed by atoms with van der Waals surface area (Å²) in [4.78, 5) is 24.2. The van der Waals surface area contributed by atoms with E-state index in [-0.39, 0.29) is 29.5 Å². The lowest BCUT2D eigenvalue weighted by molar-refractivity contribution is -0.129. The Kier molecular flexibility index (Phi) is 9.10. The Morgan fingerprint density at radius 1 is 1.16 bits per heavy atom. The number of nitrogens with zero attached hydrogens (tertiary/aromatic N) is 4. The lowest BCUT2D eigenvalue weighted by Crippen LogP contribution is -2.44. The highest BCUT2D eigenvalue weighted by Gasteiger charge is 2.30. The van der Waals surface area contributed by atoms with Gasteiger partial charge in [0.1, 0.15) is 16.4 Å². The van der Waals surface area contributed by atoms with Gasteiger partial charge in [0.25, 0.3) is 5.91 Å². The molecular weight excluding hydrogens is 623 g/mol. The molecule has 17 heteroatoms. The molecule has 0 saturated carbocycles. The van der Waals surface area contributed by atoms with Crippen LogP contribution in [0, 0.1) is 0 Å². The molecule has 236 valence electrons. The van der Waals surface area contributed by atoms with E-state index in [1.165, 1.54) is 30.7 Å². The number of aromatic amines is 1. The standard InChI is InChI=1S/C27H30F3N7O5S2/c1-15-11-37(12-16(2)42-15)13-24-33-23(14-43-24)25(38)34-20-6-17(7-21-19(20)10-32-35-21)18-8-22(26(41-3)31-9-18)36-44(39,40)5-4-27(28,29)30/h6-10,14-16,36H,4-5,11-13H2,1-3H3,(H,32,35)(H,34,38)/t15-,16?/m1/s1. The summed E-state index contributed by atoms with van der Waals surface area (Å²) >= 11 is 1.39. The molecular formula is C27H30F3N7O5S2. The second-order valence-electron chi connectivity index (χ2n) is 10.5. The number of amides is 1. The average Bonchev–Trinajstić information content (AvgIpc) is 3.61. The van der Waals surface area contributed by atoms with Crippen molar-refractivity contribution in [2.75, 3.05) is 36.0 Å². The maximum absolute atomic E-state index is 13.2. The van der Waals surface area contributed by atoms with Gasteiger partial charge in [-0.15, -0.1) is 11.3 Å². The van der Waals surface area contributed by atoms with Crippen LogP contribution in [-0.2, 0) is 21.3 Å². The summed E-state index contributed by atoms with van der Waals surface area (Å²) in [5.74, 6) is -1.72. The van der Waals surface area contributed by atoms with Crippen LogP contribution in [0.15, 0.2) is 36.0 Å². The Morgan fingerprint density at radius 2 is 1.89 bits per heavy atom. The van der Waals surface area contributed by atoms with E-state index in [1.807, 2.05) is 13.8 Å². The molecule has 3 aromatic heterocycles. The number of hydrogen-bond acceptors (Lipinski definition) is 10. The number of aromatic nitrogens is 4. The largest absolute Gasteiger partial charge is 0.480 e. The van der Waals surface area contributed by atoms with Crippen molar-refractivity contribution < 1.29 is 35.9 Å². The molecule has 1 saturated heterocycles. The number of alkyl halides is 3. The zero-order chi connectivity index (χ0) is 31.6. The number of halogens is 3. The number of fused-ring (bicyclic) bond motifs is 1. The van der Waals surface area contributed by atoms with Crippen LogP contribution in [0.5, 0.6) is 5.88 Å². The van der Waals surface area contributed by atoms with Gasteiger partial charge in [-0.1, -0.05) is 0 Å². The molecule has 12 nitrogen and oxygen atoms in total. The van der Waals surface area contributed by atoms with Gasteiger partial charge in [0, 0.05) is 35.6 Å². The molecule has 0 spiro atoms. The Balaban J connectivity index is 1.37. The first-order valence-electron chi connectivity index (χ1n) is 13.5. The molecule has 2 atom stereocenters. The summed E-state index contributed by atoms with van der Waals surface area (Å²) in [6.45, 7) is 6.19. The summed E-state index contributed by atoms with van der Waals surface area (Å²) in [5, 5.41) is 12.9. The van der Waals surface area contributed by atoms with Crippen LogP contribution in [0.25, 0.3) is 22.0 Å². The number of anilines is 2. The average molecular weight is 654 g/mol. The first-order valence-corrected chi connectivity index (χ1v) is 16.0. The number of benzene rings is 1. The minimum atomic E-state index is -4.64. The van der Waals surface area contributed by atoms with E-state index in [1.54, 1.807) is 23.7 Å². The van der Waals surface area contributed by atoms with Crippen LogP contribution in [0.2, 0.25) is 0 Å². The van der Waals surface area contributed by atoms with E-state index in [0.29, 0.717) is 34.3 Å². The van der Waals surface area contributed by atoms with Crippen LogP contribution in [0.4, 0.5) is 24.5 Å². The number of ether oxygens (including phenoxy) is 2. The number of sulfonamides is 1. The predicted molar refractivity (Wildman–Crippen MR) is 159 cm³/mol. The fourth-order valence-corrected chi connectivity index (χ4v) is 6.81. The third-order valence-electron chi connectivity index (χ3n) is 6.74. The molecule has 1 aliphatic heterocycles. The lowest BCUT2D eigenvalue weighted by atomic mass is 10.0. The first-order chi connectivity index (χ1) is 20.8. The number of nitrogens with one attached hydrogen (secondary N) is 3. The van der Waals surface area contributed by atoms with Gasteiger partial charge in [-0.25, -0.2) is 18.4 Å². The van der Waals surface area contributed by atoms with E-state index >= 15 is 0 Å². The number of morpholine rings is 1. The highest BCUT2D eigenvalue weighted by Crippen LogP contribution is 2.34. The number of carbonyl (C=O) groups excluding carboxylic acids is 1. The van der Waals surface area contributed by atoms with Gasteiger partial charge in [0.15, 0.2) is 0 Å². The minimum Gasteiger partial charge on any atom is -0.480 e. The normalized spacial score (nSPS) is 18.0. The molecule has 0 aliphatic carbocycles. The molecule has 3 N–H and O–H groups in total. The van der Waals surface area contributed by atoms with Crippen LogP contribution in [-0.4, -0.2) is 83.7 Å². The summed E-state index contributed by atoms with van der Waals surface area (Å²) in [7, 11) is -3.12. The number of thiazole rings is 1. The molecule has 4 aromatic rings. The van der Waals surface area contributed by atoms with Gasteiger partial charge in [0.2, 0.25) is 15.9 Å². The number of carbonyl (C=O) groups is 1. The van der Waals surface area contributed by atoms with Crippen LogP contribution < -0.4 is 14.8 Å². The highest BCUT2D eigenvalue weighted by atomic mass is 32.2. The number of H-pyrrole nitrogens is 1. The van der Waals surface area contributed by atoms with Gasteiger partial charge in [0.05, 0.1) is 55.4 Å². The molecule has 1 unspecified atom stereocenters. The second kappa shape index (κ2) is 12.7. The molecule has 44 heavy (non-hydrogen) atoms. The zero-order valence-corrected chi connectivity index (χ0v) is 25.6. The zero-order valence-electron chi connectivity index (χ0n) is 23.9. The van der Waals surface area contributed by atoms with E-state index in [0.717, 1.165) is 18.1 Å². The topological polar surface area (TPSA) is 151 Å². The van der Waals surface area contributed by atoms with Gasteiger partial charge in [-0.2, -0.15) is 18.3 Å². The van der Waals surface area contributed by atoms with Crippen molar-refractivity contribution in [3.8, 4) is 17.0 Å². The van der Waals surface area contributed by atoms with Crippen molar-refractivity contribution in [3.05, 3.63) is 46.7 Å². The van der Waals surface area contributed by atoms with E-state index < -0.39 is 34.3 Å². The van der Waals surface area contributed by atoms with Crippen LogP contribution in [0.3, 0.4) is 0 Å². The van der Waals surface area contributed by atoms with Gasteiger partial charge < -0.3 is 14.8 Å². The SMILES string of the molecule is COc1ncc(-c2cc(NC(=O)c3csc(CN4CC(C)O[C@H](C)C4)n3)c3cn[nH]c3c2)cc1NS(=O)(=O)CCC(F)(F)F. The Hall–Kier alpha value is -3.80. The first kappa shape index (κ1) is 31.6. The molecule has 0 radical (unpaired) electrons. The fraction of sp³-hybridized carbons (Fsp3) is 0.407. The summed E-state index contributed by atoms with van der Waals surface area (Å²) in [5.41, 5.74) is 2.00. The highest BCUT2D eigenvalue weighted by molar-refractivity contribution is 7.92. The van der Waals surface area contributed by atoms with Crippen molar-refractivity contribution in [1.29, 1.82) is 0 Å². The van der Waals surface area contributed by atoms with Crippen LogP contribution >= 0.6 is 11.3 Å². The Morgan fingerprint density at radius 3 is 2.59 bits per heavy atom. The Bertz CT molecular complexity index is 1750. The van der Waals surface area contributed by atoms with Crippen molar-refractivity contribution in [2.45, 2.75) is 45.2 Å². The third-order valence-corrected chi connectivity index (χ3v) is 8.85. The molecule has 1 aliphatic rings. The summed E-state index contributed by atoms with van der Waals surface area (Å²) < 4.78 is 75.7.